The van der Waals surface area contributed by atoms with E-state index >= 15 is 0 Å². The maximum absolute atomic E-state index is 11.2. The molecule has 0 rings (SSSR count). The van der Waals surface area contributed by atoms with Gasteiger partial charge in [-0.3, -0.25) is 4.79 Å². The van der Waals surface area contributed by atoms with Gasteiger partial charge in [0.1, 0.15) is 0 Å². The van der Waals surface area contributed by atoms with Crippen LogP contribution in [0.2, 0.25) is 0 Å². The zero-order chi connectivity index (χ0) is 13.0. The second-order valence-electron chi connectivity index (χ2n) is 6.02. The van der Waals surface area contributed by atoms with Crippen LogP contribution in [0.4, 0.5) is 0 Å². The number of carbonyl (C=O) groups is 1. The van der Waals surface area contributed by atoms with E-state index in [1.165, 1.54) is 6.42 Å². The number of rotatable bonds is 7. The number of hydrogen-bond donors (Lipinski definition) is 2. The second-order valence-corrected chi connectivity index (χ2v) is 6.02. The van der Waals surface area contributed by atoms with Crippen LogP contribution in [0.15, 0.2) is 0 Å². The first-order valence-electron chi connectivity index (χ1n) is 6.09. The van der Waals surface area contributed by atoms with Gasteiger partial charge >= 0.3 is 5.97 Å². The van der Waals surface area contributed by atoms with Crippen LogP contribution in [-0.2, 0) is 4.79 Å². The highest BCUT2D eigenvalue weighted by Gasteiger charge is 2.42. The van der Waals surface area contributed by atoms with Crippen molar-refractivity contribution >= 4 is 5.97 Å². The average molecular weight is 229 g/mol. The molecule has 0 aliphatic rings. The minimum absolute atomic E-state index is 0.393. The predicted molar refractivity (Wildman–Crippen MR) is 67.6 cm³/mol. The summed E-state index contributed by atoms with van der Waals surface area (Å²) in [5.74, 6) is -0.0498. The fourth-order valence-electron chi connectivity index (χ4n) is 1.40. The summed E-state index contributed by atoms with van der Waals surface area (Å²) in [6.45, 7) is 12.7. The first-order valence-corrected chi connectivity index (χ1v) is 6.09. The molecular formula is C13H27NO2. The lowest BCUT2D eigenvalue weighted by atomic mass is 9.74. The molecule has 0 saturated carbocycles. The van der Waals surface area contributed by atoms with Crippen molar-refractivity contribution in [3.8, 4) is 0 Å². The van der Waals surface area contributed by atoms with E-state index in [9.17, 15) is 9.90 Å². The number of carboxylic acids is 1. The van der Waals surface area contributed by atoms with E-state index in [0.717, 1.165) is 13.0 Å². The highest BCUT2D eigenvalue weighted by molar-refractivity contribution is 5.75. The number of aliphatic carboxylic acids is 1. The second kappa shape index (κ2) is 5.67. The van der Waals surface area contributed by atoms with Gasteiger partial charge in [-0.25, -0.2) is 0 Å². The van der Waals surface area contributed by atoms with E-state index in [2.05, 4.69) is 19.2 Å². The Labute approximate surface area is 99.6 Å². The lowest BCUT2D eigenvalue weighted by molar-refractivity contribution is -0.151. The summed E-state index contributed by atoms with van der Waals surface area (Å²) in [6.07, 6.45) is 2.27. The molecule has 0 aromatic rings. The fourth-order valence-corrected chi connectivity index (χ4v) is 1.40. The number of hydrogen-bond acceptors (Lipinski definition) is 2. The molecule has 0 radical (unpaired) electrons. The molecule has 0 aliphatic heterocycles. The van der Waals surface area contributed by atoms with Crippen LogP contribution in [0.1, 0.15) is 54.4 Å². The third kappa shape index (κ3) is 4.12. The molecule has 0 aromatic heterocycles. The summed E-state index contributed by atoms with van der Waals surface area (Å²) >= 11 is 0. The summed E-state index contributed by atoms with van der Waals surface area (Å²) < 4.78 is 0. The van der Waals surface area contributed by atoms with Crippen LogP contribution in [0.5, 0.6) is 0 Å². The summed E-state index contributed by atoms with van der Waals surface area (Å²) in [7, 11) is 0. The van der Waals surface area contributed by atoms with Gasteiger partial charge in [0, 0.05) is 5.54 Å². The van der Waals surface area contributed by atoms with E-state index in [0.29, 0.717) is 5.92 Å². The molecule has 0 spiro atoms. The van der Waals surface area contributed by atoms with E-state index in [1.807, 2.05) is 13.8 Å². The van der Waals surface area contributed by atoms with Gasteiger partial charge in [-0.05, 0) is 53.0 Å². The highest BCUT2D eigenvalue weighted by Crippen LogP contribution is 2.30. The molecule has 3 heteroatoms. The lowest BCUT2D eigenvalue weighted by Gasteiger charge is -2.39. The largest absolute Gasteiger partial charge is 0.481 e. The van der Waals surface area contributed by atoms with Crippen molar-refractivity contribution in [3.05, 3.63) is 0 Å². The predicted octanol–water partition coefficient (Wildman–Crippen LogP) is 2.90. The maximum atomic E-state index is 11.2. The van der Waals surface area contributed by atoms with Crippen molar-refractivity contribution in [2.75, 3.05) is 6.54 Å². The van der Waals surface area contributed by atoms with Crippen LogP contribution in [-0.4, -0.2) is 23.2 Å². The summed E-state index contributed by atoms with van der Waals surface area (Å²) in [6, 6.07) is 0. The molecule has 0 aliphatic carbocycles. The first-order chi connectivity index (χ1) is 7.11. The third-order valence-electron chi connectivity index (χ3n) is 3.62. The maximum Gasteiger partial charge on any atom is 0.310 e. The molecular weight excluding hydrogens is 202 g/mol. The van der Waals surface area contributed by atoms with Gasteiger partial charge in [-0.15, -0.1) is 0 Å². The number of nitrogens with one attached hydrogen (secondary N) is 1. The fraction of sp³-hybridized carbons (Fsp3) is 0.923. The molecule has 16 heavy (non-hydrogen) atoms. The topological polar surface area (TPSA) is 49.3 Å². The van der Waals surface area contributed by atoms with Crippen molar-refractivity contribution < 1.29 is 9.90 Å². The Kier molecular flexibility index (Phi) is 5.47. The molecule has 0 atom stereocenters. The quantitative estimate of drug-likeness (QED) is 0.660. The Morgan fingerprint density at radius 2 is 1.75 bits per heavy atom. The molecule has 3 nitrogen and oxygen atoms in total. The Balaban J connectivity index is 4.19. The molecule has 0 unspecified atom stereocenters. The molecule has 0 bridgehead atoms. The average Bonchev–Trinajstić information content (AvgIpc) is 2.11. The molecule has 2 N–H and O–H groups in total. The molecule has 0 fully saturated rings. The van der Waals surface area contributed by atoms with Gasteiger partial charge < -0.3 is 10.4 Å². The smallest absolute Gasteiger partial charge is 0.310 e. The van der Waals surface area contributed by atoms with Gasteiger partial charge in [-0.2, -0.15) is 0 Å². The van der Waals surface area contributed by atoms with Gasteiger partial charge in [0.25, 0.3) is 0 Å². The summed E-state index contributed by atoms with van der Waals surface area (Å²) in [5.41, 5.74) is -1.15. The van der Waals surface area contributed by atoms with Crippen LogP contribution < -0.4 is 5.32 Å². The van der Waals surface area contributed by atoms with Crippen LogP contribution in [0, 0.1) is 11.3 Å². The van der Waals surface area contributed by atoms with Crippen molar-refractivity contribution in [1.29, 1.82) is 0 Å². The Morgan fingerprint density at radius 1 is 1.25 bits per heavy atom. The zero-order valence-electron chi connectivity index (χ0n) is 11.6. The van der Waals surface area contributed by atoms with Gasteiger partial charge in [-0.1, -0.05) is 13.8 Å². The van der Waals surface area contributed by atoms with E-state index in [-0.39, 0.29) is 0 Å². The van der Waals surface area contributed by atoms with Crippen molar-refractivity contribution in [2.45, 2.75) is 59.9 Å². The first kappa shape index (κ1) is 15.4. The van der Waals surface area contributed by atoms with Gasteiger partial charge in [0.05, 0.1) is 5.41 Å². The van der Waals surface area contributed by atoms with Gasteiger partial charge in [0.2, 0.25) is 0 Å². The molecule has 0 saturated heterocycles. The number of carboxylic acid groups (broad SMARTS) is 1. The van der Waals surface area contributed by atoms with E-state index in [4.69, 9.17) is 0 Å². The normalized spacial score (nSPS) is 13.2. The highest BCUT2D eigenvalue weighted by atomic mass is 16.4. The Morgan fingerprint density at radius 3 is 2.12 bits per heavy atom. The van der Waals surface area contributed by atoms with Crippen LogP contribution in [0.3, 0.4) is 0 Å². The van der Waals surface area contributed by atoms with E-state index < -0.39 is 16.9 Å². The lowest BCUT2D eigenvalue weighted by Crippen LogP contribution is -2.55. The van der Waals surface area contributed by atoms with Gasteiger partial charge in [0.15, 0.2) is 0 Å². The summed E-state index contributed by atoms with van der Waals surface area (Å²) in [4.78, 5) is 11.2. The zero-order valence-corrected chi connectivity index (χ0v) is 11.6. The third-order valence-corrected chi connectivity index (χ3v) is 3.62. The molecule has 0 aromatic carbocycles. The van der Waals surface area contributed by atoms with Crippen molar-refractivity contribution in [1.82, 2.24) is 5.32 Å². The molecule has 96 valence electrons. The molecule has 0 heterocycles. The van der Waals surface area contributed by atoms with Crippen molar-refractivity contribution in [3.63, 3.8) is 0 Å². The SMILES string of the molecule is CC(C)CCCNC(C)(C)C(C)(C)C(=O)O. The van der Waals surface area contributed by atoms with E-state index in [1.54, 1.807) is 13.8 Å². The standard InChI is InChI=1S/C13H27NO2/c1-10(2)8-7-9-14-13(5,6)12(3,4)11(15)16/h10,14H,7-9H2,1-6H3,(H,15,16). The van der Waals surface area contributed by atoms with Crippen molar-refractivity contribution in [2.24, 2.45) is 11.3 Å². The Bertz CT molecular complexity index is 232. The van der Waals surface area contributed by atoms with Crippen LogP contribution in [0.25, 0.3) is 0 Å². The minimum atomic E-state index is -0.759. The Hall–Kier alpha value is -0.570. The van der Waals surface area contributed by atoms with Crippen LogP contribution >= 0.6 is 0 Å². The summed E-state index contributed by atoms with van der Waals surface area (Å²) in [5, 5.41) is 12.5. The minimum Gasteiger partial charge on any atom is -0.481 e. The molecule has 0 amide bonds. The monoisotopic (exact) mass is 229 g/mol.